The first-order valence-electron chi connectivity index (χ1n) is 9.63. The quantitative estimate of drug-likeness (QED) is 0.361. The molecule has 0 atom stereocenters. The smallest absolute Gasteiger partial charge is 0.250 e. The first-order valence-corrected chi connectivity index (χ1v) is 11.3. The summed E-state index contributed by atoms with van der Waals surface area (Å²) in [4.78, 5) is 16.8. The average molecular weight is 503 g/mol. The molecule has 3 aromatic rings. The van der Waals surface area contributed by atoms with Gasteiger partial charge in [0.15, 0.2) is 16.6 Å². The summed E-state index contributed by atoms with van der Waals surface area (Å²) in [6, 6.07) is 11.4. The number of methoxy groups -OCH3 is 2. The molecule has 1 N–H and O–H groups in total. The highest BCUT2D eigenvalue weighted by atomic mass is 79.9. The van der Waals surface area contributed by atoms with Crippen LogP contribution in [0.4, 0.5) is 5.13 Å². The molecule has 0 saturated heterocycles. The Balaban J connectivity index is 1.64. The molecular formula is C23H23BrN2O4S. The molecule has 8 heteroatoms. The van der Waals surface area contributed by atoms with Crippen molar-refractivity contribution in [2.45, 2.75) is 13.3 Å². The van der Waals surface area contributed by atoms with Gasteiger partial charge in [-0.1, -0.05) is 6.92 Å². The zero-order valence-electron chi connectivity index (χ0n) is 17.5. The molecule has 1 aromatic heterocycles. The van der Waals surface area contributed by atoms with Crippen LogP contribution >= 0.6 is 27.3 Å². The van der Waals surface area contributed by atoms with Crippen LogP contribution in [0.5, 0.6) is 17.2 Å². The number of thiazole rings is 1. The molecule has 0 saturated carbocycles. The lowest BCUT2D eigenvalue weighted by molar-refractivity contribution is -0.111. The summed E-state index contributed by atoms with van der Waals surface area (Å²) >= 11 is 4.82. The highest BCUT2D eigenvalue weighted by Crippen LogP contribution is 2.36. The van der Waals surface area contributed by atoms with E-state index in [1.807, 2.05) is 35.7 Å². The van der Waals surface area contributed by atoms with Crippen molar-refractivity contribution >= 4 is 44.4 Å². The van der Waals surface area contributed by atoms with Gasteiger partial charge in [-0.25, -0.2) is 4.98 Å². The largest absolute Gasteiger partial charge is 0.494 e. The number of nitrogens with one attached hydrogen (secondary N) is 1. The summed E-state index contributed by atoms with van der Waals surface area (Å²) < 4.78 is 17.0. The Bertz CT molecular complexity index is 1060. The molecule has 0 radical (unpaired) electrons. The number of rotatable bonds is 9. The van der Waals surface area contributed by atoms with Crippen molar-refractivity contribution in [3.63, 3.8) is 0 Å². The fourth-order valence-corrected chi connectivity index (χ4v) is 4.10. The molecule has 0 aliphatic rings. The first-order chi connectivity index (χ1) is 15.0. The zero-order valence-corrected chi connectivity index (χ0v) is 19.9. The van der Waals surface area contributed by atoms with E-state index in [4.69, 9.17) is 14.2 Å². The topological polar surface area (TPSA) is 69.7 Å². The lowest BCUT2D eigenvalue weighted by Gasteiger charge is -2.10. The Morgan fingerprint density at radius 1 is 1.19 bits per heavy atom. The standard InChI is InChI=1S/C23H23BrN2O4S/c1-4-11-30-17-8-6-16(7-9-17)19-14-31-23(25-19)26-21(27)10-5-15-12-18(24)22(29-3)20(13-15)28-2/h5-10,12-14H,4,11H2,1-3H3,(H,25,26,27)/b10-5+. The van der Waals surface area contributed by atoms with Crippen LogP contribution in [0.2, 0.25) is 0 Å². The number of anilines is 1. The Labute approximate surface area is 194 Å². The number of amides is 1. The number of aromatic nitrogens is 1. The van der Waals surface area contributed by atoms with Crippen molar-refractivity contribution < 1.29 is 19.0 Å². The average Bonchev–Trinajstić information content (AvgIpc) is 3.24. The van der Waals surface area contributed by atoms with Gasteiger partial charge < -0.3 is 14.2 Å². The second kappa shape index (κ2) is 11.0. The van der Waals surface area contributed by atoms with Gasteiger partial charge in [-0.2, -0.15) is 0 Å². The molecule has 3 rings (SSSR count). The van der Waals surface area contributed by atoms with Crippen molar-refractivity contribution in [2.24, 2.45) is 0 Å². The maximum Gasteiger partial charge on any atom is 0.250 e. The van der Waals surface area contributed by atoms with Gasteiger partial charge in [0.1, 0.15) is 5.75 Å². The van der Waals surface area contributed by atoms with E-state index in [0.717, 1.165) is 33.5 Å². The van der Waals surface area contributed by atoms with Gasteiger partial charge in [0, 0.05) is 17.0 Å². The van der Waals surface area contributed by atoms with Gasteiger partial charge in [0.05, 0.1) is 31.0 Å². The number of carbonyl (C=O) groups excluding carboxylic acids is 1. The third kappa shape index (κ3) is 6.08. The predicted molar refractivity (Wildman–Crippen MR) is 128 cm³/mol. The Hall–Kier alpha value is -2.84. The van der Waals surface area contributed by atoms with Crippen molar-refractivity contribution in [1.82, 2.24) is 4.98 Å². The monoisotopic (exact) mass is 502 g/mol. The lowest BCUT2D eigenvalue weighted by atomic mass is 10.2. The van der Waals surface area contributed by atoms with E-state index in [9.17, 15) is 4.79 Å². The minimum atomic E-state index is -0.268. The Morgan fingerprint density at radius 2 is 1.97 bits per heavy atom. The molecule has 0 bridgehead atoms. The Kier molecular flexibility index (Phi) is 8.08. The molecule has 2 aromatic carbocycles. The van der Waals surface area contributed by atoms with Crippen LogP contribution in [-0.4, -0.2) is 31.7 Å². The SMILES string of the molecule is CCCOc1ccc(-c2csc(NC(=O)/C=C/c3cc(Br)c(OC)c(OC)c3)n2)cc1. The lowest BCUT2D eigenvalue weighted by Crippen LogP contribution is -2.07. The summed E-state index contributed by atoms with van der Waals surface area (Å²) in [7, 11) is 3.14. The number of benzene rings is 2. The molecule has 1 heterocycles. The second-order valence-electron chi connectivity index (χ2n) is 6.47. The molecule has 0 aliphatic heterocycles. The number of hydrogen-bond donors (Lipinski definition) is 1. The predicted octanol–water partition coefficient (Wildman–Crippen LogP) is 6.03. The molecule has 0 aliphatic carbocycles. The molecule has 1 amide bonds. The van der Waals surface area contributed by atoms with Crippen LogP contribution in [-0.2, 0) is 4.79 Å². The van der Waals surface area contributed by atoms with Crippen LogP contribution in [0, 0.1) is 0 Å². The minimum Gasteiger partial charge on any atom is -0.494 e. The number of ether oxygens (including phenoxy) is 3. The fourth-order valence-electron chi connectivity index (χ4n) is 2.76. The van der Waals surface area contributed by atoms with E-state index >= 15 is 0 Å². The molecule has 6 nitrogen and oxygen atoms in total. The van der Waals surface area contributed by atoms with E-state index in [1.165, 1.54) is 17.4 Å². The van der Waals surface area contributed by atoms with E-state index < -0.39 is 0 Å². The normalized spacial score (nSPS) is 10.8. The number of nitrogens with zero attached hydrogens (tertiary/aromatic N) is 1. The summed E-state index contributed by atoms with van der Waals surface area (Å²) in [5.74, 6) is 1.74. The highest BCUT2D eigenvalue weighted by molar-refractivity contribution is 9.10. The fraction of sp³-hybridized carbons (Fsp3) is 0.217. The van der Waals surface area contributed by atoms with Crippen LogP contribution < -0.4 is 19.5 Å². The maximum atomic E-state index is 12.3. The second-order valence-corrected chi connectivity index (χ2v) is 8.18. The van der Waals surface area contributed by atoms with Gasteiger partial charge in [0.2, 0.25) is 5.91 Å². The molecule has 0 fully saturated rings. The van der Waals surface area contributed by atoms with Gasteiger partial charge in [-0.05, 0) is 70.4 Å². The van der Waals surface area contributed by atoms with E-state index in [-0.39, 0.29) is 5.91 Å². The van der Waals surface area contributed by atoms with Gasteiger partial charge in [-0.3, -0.25) is 10.1 Å². The van der Waals surface area contributed by atoms with Crippen LogP contribution in [0.1, 0.15) is 18.9 Å². The molecule has 162 valence electrons. The van der Waals surface area contributed by atoms with Crippen LogP contribution in [0.3, 0.4) is 0 Å². The van der Waals surface area contributed by atoms with Crippen molar-refractivity contribution in [1.29, 1.82) is 0 Å². The summed E-state index contributed by atoms with van der Waals surface area (Å²) in [5.41, 5.74) is 2.56. The van der Waals surface area contributed by atoms with Crippen LogP contribution in [0.15, 0.2) is 52.3 Å². The van der Waals surface area contributed by atoms with E-state index in [2.05, 4.69) is 33.2 Å². The number of hydrogen-bond acceptors (Lipinski definition) is 6. The van der Waals surface area contributed by atoms with Crippen molar-refractivity contribution in [3.8, 4) is 28.5 Å². The zero-order chi connectivity index (χ0) is 22.2. The molecular weight excluding hydrogens is 480 g/mol. The highest BCUT2D eigenvalue weighted by Gasteiger charge is 2.10. The molecule has 0 spiro atoms. The van der Waals surface area contributed by atoms with Gasteiger partial charge in [0.25, 0.3) is 0 Å². The van der Waals surface area contributed by atoms with Crippen LogP contribution in [0.25, 0.3) is 17.3 Å². The van der Waals surface area contributed by atoms with Crippen molar-refractivity contribution in [3.05, 3.63) is 57.9 Å². The number of carbonyl (C=O) groups is 1. The van der Waals surface area contributed by atoms with E-state index in [1.54, 1.807) is 26.4 Å². The minimum absolute atomic E-state index is 0.268. The van der Waals surface area contributed by atoms with Gasteiger partial charge >= 0.3 is 0 Å². The van der Waals surface area contributed by atoms with Crippen molar-refractivity contribution in [2.75, 3.05) is 26.1 Å². The third-order valence-corrected chi connectivity index (χ3v) is 5.59. The first kappa shape index (κ1) is 22.8. The maximum absolute atomic E-state index is 12.3. The van der Waals surface area contributed by atoms with Gasteiger partial charge in [-0.15, -0.1) is 11.3 Å². The number of halogens is 1. The van der Waals surface area contributed by atoms with E-state index in [0.29, 0.717) is 23.2 Å². The summed E-state index contributed by atoms with van der Waals surface area (Å²) in [5, 5.41) is 5.24. The molecule has 31 heavy (non-hydrogen) atoms. The summed E-state index contributed by atoms with van der Waals surface area (Å²) in [6.07, 6.45) is 4.12. The molecule has 0 unspecified atom stereocenters. The Morgan fingerprint density at radius 3 is 2.65 bits per heavy atom. The summed E-state index contributed by atoms with van der Waals surface area (Å²) in [6.45, 7) is 2.77. The third-order valence-electron chi connectivity index (χ3n) is 4.24.